The van der Waals surface area contributed by atoms with E-state index in [0.29, 0.717) is 30.4 Å². The van der Waals surface area contributed by atoms with Crippen LogP contribution in [0.1, 0.15) is 114 Å². The molecule has 5 aliphatic carbocycles. The second-order valence-corrected chi connectivity index (χ2v) is 17.7. The average molecular weight is 669 g/mol. The van der Waals surface area contributed by atoms with Crippen LogP contribution in [-0.2, 0) is 23.9 Å². The molecule has 5 rings (SSSR count). The Morgan fingerprint density at radius 2 is 1.44 bits per heavy atom. The summed E-state index contributed by atoms with van der Waals surface area (Å²) in [5.74, 6) is -1.15. The molecule has 8 nitrogen and oxygen atoms in total. The molecular formula is C40H60O8. The van der Waals surface area contributed by atoms with E-state index in [9.17, 15) is 29.7 Å². The quantitative estimate of drug-likeness (QED) is 0.131. The van der Waals surface area contributed by atoms with Gasteiger partial charge in [0.2, 0.25) is 0 Å². The first-order valence-electron chi connectivity index (χ1n) is 18.1. The summed E-state index contributed by atoms with van der Waals surface area (Å²) in [5.41, 5.74) is -1.63. The molecule has 3 N–H and O–H groups in total. The molecule has 0 unspecified atom stereocenters. The first-order chi connectivity index (χ1) is 22.3. The van der Waals surface area contributed by atoms with E-state index in [1.165, 1.54) is 5.57 Å². The van der Waals surface area contributed by atoms with Crippen molar-refractivity contribution in [3.8, 4) is 0 Å². The summed E-state index contributed by atoms with van der Waals surface area (Å²) in [6.45, 7) is 19.3. The van der Waals surface area contributed by atoms with E-state index < -0.39 is 64.6 Å². The number of aldehydes is 1. The fourth-order valence-corrected chi connectivity index (χ4v) is 11.8. The molecule has 0 aromatic heterocycles. The molecule has 48 heavy (non-hydrogen) atoms. The summed E-state index contributed by atoms with van der Waals surface area (Å²) >= 11 is 0. The number of allylic oxidation sites excluding steroid dienone is 4. The first kappa shape index (κ1) is 37.0. The summed E-state index contributed by atoms with van der Waals surface area (Å²) in [6.07, 6.45) is 7.69. The van der Waals surface area contributed by atoms with Crippen LogP contribution >= 0.6 is 0 Å². The Bertz CT molecular complexity index is 1430. The molecule has 0 aromatic rings. The van der Waals surface area contributed by atoms with E-state index in [2.05, 4.69) is 26.8 Å². The zero-order chi connectivity index (χ0) is 35.8. The third-order valence-corrected chi connectivity index (χ3v) is 15.3. The minimum absolute atomic E-state index is 0.0521. The Kier molecular flexibility index (Phi) is 9.39. The highest BCUT2D eigenvalue weighted by atomic mass is 16.6. The highest BCUT2D eigenvalue weighted by molar-refractivity contribution is 5.88. The van der Waals surface area contributed by atoms with E-state index >= 15 is 0 Å². The molecule has 0 aliphatic heterocycles. The molecule has 4 saturated carbocycles. The summed E-state index contributed by atoms with van der Waals surface area (Å²) in [4.78, 5) is 39.4. The largest absolute Gasteiger partial charge is 0.454 e. The molecule has 0 aromatic carbocycles. The van der Waals surface area contributed by atoms with Crippen LogP contribution in [0.5, 0.6) is 0 Å². The topological polar surface area (TPSA) is 130 Å². The maximum Gasteiger partial charge on any atom is 0.333 e. The number of carbonyl (C=O) groups excluding carboxylic acids is 3. The highest BCUT2D eigenvalue weighted by Gasteiger charge is 2.73. The molecular weight excluding hydrogens is 608 g/mol. The van der Waals surface area contributed by atoms with Crippen molar-refractivity contribution in [2.45, 2.75) is 139 Å². The maximum absolute atomic E-state index is 13.5. The van der Waals surface area contributed by atoms with Crippen molar-refractivity contribution in [3.63, 3.8) is 0 Å². The number of aliphatic hydroxyl groups excluding tert-OH is 3. The molecule has 0 spiro atoms. The maximum atomic E-state index is 13.5. The standard InChI is InChI=1S/C40H60O8/c1-11-23(3)33(45)47-31-32(48-34(46)24(4)12-2)40(22-42)26(19-35(31,5)6)25-13-14-28-36(7)17-16-29(43)37(8,21-41)27(36)15-18-38(28,9)39(25,10)20-30(40)44/h11-13,21,26-32,42-44H,14-20,22H2,1-10H3/b23-11-,24-12-/t26-,27+,28+,29-,30+,31-,32-,36-,37-,38+,39+,40-/m0/s1. The Hall–Kier alpha value is -2.29. The van der Waals surface area contributed by atoms with Crippen LogP contribution in [0.15, 0.2) is 34.9 Å². The van der Waals surface area contributed by atoms with E-state index in [0.717, 1.165) is 32.0 Å². The predicted molar refractivity (Wildman–Crippen MR) is 183 cm³/mol. The summed E-state index contributed by atoms with van der Waals surface area (Å²) < 4.78 is 12.5. The number of rotatable bonds is 6. The van der Waals surface area contributed by atoms with Crippen molar-refractivity contribution in [2.75, 3.05) is 6.61 Å². The van der Waals surface area contributed by atoms with Crippen molar-refractivity contribution in [3.05, 3.63) is 34.9 Å². The van der Waals surface area contributed by atoms with E-state index in [1.54, 1.807) is 39.8 Å². The number of esters is 2. The monoisotopic (exact) mass is 668 g/mol. The van der Waals surface area contributed by atoms with Crippen molar-refractivity contribution >= 4 is 18.2 Å². The van der Waals surface area contributed by atoms with Gasteiger partial charge < -0.3 is 29.6 Å². The Morgan fingerprint density at radius 1 is 0.854 bits per heavy atom. The van der Waals surface area contributed by atoms with Crippen LogP contribution in [0.3, 0.4) is 0 Å². The van der Waals surface area contributed by atoms with Crippen LogP contribution in [-0.4, -0.2) is 64.6 Å². The minimum atomic E-state index is -1.30. The van der Waals surface area contributed by atoms with Gasteiger partial charge in [-0.25, -0.2) is 9.59 Å². The molecule has 0 radical (unpaired) electrons. The summed E-state index contributed by atoms with van der Waals surface area (Å²) in [7, 11) is 0. The van der Waals surface area contributed by atoms with Crippen molar-refractivity contribution in [1.82, 2.24) is 0 Å². The van der Waals surface area contributed by atoms with E-state index in [1.807, 2.05) is 20.8 Å². The minimum Gasteiger partial charge on any atom is -0.454 e. The van der Waals surface area contributed by atoms with Gasteiger partial charge in [-0.2, -0.15) is 0 Å². The zero-order valence-electron chi connectivity index (χ0n) is 30.9. The van der Waals surface area contributed by atoms with Gasteiger partial charge in [0.1, 0.15) is 12.4 Å². The lowest BCUT2D eigenvalue weighted by Gasteiger charge is -2.72. The normalized spacial score (nSPS) is 46.9. The highest BCUT2D eigenvalue weighted by Crippen LogP contribution is 2.75. The van der Waals surface area contributed by atoms with Gasteiger partial charge in [0.05, 0.1) is 29.6 Å². The summed E-state index contributed by atoms with van der Waals surface area (Å²) in [5, 5.41) is 35.1. The SMILES string of the molecule is C/C=C(/C)C(=O)O[C@H]1[C@H](OC(=O)/C(C)=C\C)[C@]2(CO)[C@H](O)C[C@]3(C)C(=CC[C@@H]4[C@@]5(C)CC[C@H](O)[C@@](C)(C=O)[C@@H]5CC[C@]43C)[C@@H]2CC1(C)C. The van der Waals surface area contributed by atoms with Gasteiger partial charge in [-0.3, -0.25) is 0 Å². The number of carbonyl (C=O) groups is 3. The van der Waals surface area contributed by atoms with Gasteiger partial charge >= 0.3 is 11.9 Å². The Balaban J connectivity index is 1.65. The third kappa shape index (κ3) is 4.89. The van der Waals surface area contributed by atoms with Crippen molar-refractivity contribution < 1.29 is 39.2 Å². The van der Waals surface area contributed by atoms with Crippen LogP contribution in [0, 0.1) is 50.2 Å². The second-order valence-electron chi connectivity index (χ2n) is 17.7. The molecule has 4 fully saturated rings. The molecule has 5 aliphatic rings. The van der Waals surface area contributed by atoms with Gasteiger partial charge in [-0.05, 0) is 107 Å². The van der Waals surface area contributed by atoms with Gasteiger partial charge in [0, 0.05) is 16.6 Å². The fraction of sp³-hybridized carbons (Fsp3) is 0.775. The number of fused-ring (bicyclic) bond motifs is 7. The zero-order valence-corrected chi connectivity index (χ0v) is 30.9. The Morgan fingerprint density at radius 3 is 1.98 bits per heavy atom. The van der Waals surface area contributed by atoms with Crippen LogP contribution < -0.4 is 0 Å². The number of aliphatic hydroxyl groups is 3. The molecule has 0 bridgehead atoms. The predicted octanol–water partition coefficient (Wildman–Crippen LogP) is 6.27. The smallest absolute Gasteiger partial charge is 0.333 e. The van der Waals surface area contributed by atoms with Gasteiger partial charge in [0.25, 0.3) is 0 Å². The molecule has 0 saturated heterocycles. The van der Waals surface area contributed by atoms with E-state index in [4.69, 9.17) is 9.47 Å². The first-order valence-corrected chi connectivity index (χ1v) is 18.1. The number of hydrogen-bond acceptors (Lipinski definition) is 8. The van der Waals surface area contributed by atoms with Crippen LogP contribution in [0.4, 0.5) is 0 Å². The molecule has 12 atom stereocenters. The molecule has 0 amide bonds. The van der Waals surface area contributed by atoms with Gasteiger partial charge in [-0.15, -0.1) is 0 Å². The Labute approximate surface area is 287 Å². The lowest BCUT2D eigenvalue weighted by molar-refractivity contribution is -0.264. The van der Waals surface area contributed by atoms with Gasteiger partial charge in [-0.1, -0.05) is 65.3 Å². The lowest BCUT2D eigenvalue weighted by atomic mass is 9.33. The number of ether oxygens (including phenoxy) is 2. The average Bonchev–Trinajstić information content (AvgIpc) is 3.03. The van der Waals surface area contributed by atoms with Crippen LogP contribution in [0.25, 0.3) is 0 Å². The fourth-order valence-electron chi connectivity index (χ4n) is 11.8. The third-order valence-electron chi connectivity index (χ3n) is 15.3. The summed E-state index contributed by atoms with van der Waals surface area (Å²) in [6, 6.07) is 0. The van der Waals surface area contributed by atoms with Gasteiger partial charge in [0.15, 0.2) is 6.10 Å². The van der Waals surface area contributed by atoms with Crippen LogP contribution in [0.2, 0.25) is 0 Å². The van der Waals surface area contributed by atoms with Crippen molar-refractivity contribution in [2.24, 2.45) is 50.2 Å². The van der Waals surface area contributed by atoms with Crippen molar-refractivity contribution in [1.29, 1.82) is 0 Å². The lowest BCUT2D eigenvalue weighted by Crippen LogP contribution is -2.72. The molecule has 8 heteroatoms. The number of hydrogen-bond donors (Lipinski definition) is 3. The molecule has 268 valence electrons. The van der Waals surface area contributed by atoms with E-state index in [-0.39, 0.29) is 28.6 Å². The second kappa shape index (κ2) is 12.2. The molecule has 0 heterocycles.